The van der Waals surface area contributed by atoms with E-state index in [0.29, 0.717) is 48.6 Å². The molecule has 0 radical (unpaired) electrons. The lowest BCUT2D eigenvalue weighted by Crippen LogP contribution is -2.41. The fourth-order valence-corrected chi connectivity index (χ4v) is 5.54. The number of ether oxygens (including phenoxy) is 7. The molecular formula is C35H50N2O12S. The highest BCUT2D eigenvalue weighted by Crippen LogP contribution is 2.14. The zero-order valence-electron chi connectivity index (χ0n) is 29.4. The van der Waals surface area contributed by atoms with Gasteiger partial charge in [-0.2, -0.15) is 4.31 Å². The second kappa shape index (κ2) is 23.4. The molecule has 15 heteroatoms. The van der Waals surface area contributed by atoms with Crippen molar-refractivity contribution >= 4 is 27.9 Å². The first-order chi connectivity index (χ1) is 24.0. The number of methoxy groups -OCH3 is 2. The molecule has 2 aromatic rings. The first-order valence-corrected chi connectivity index (χ1v) is 17.9. The van der Waals surface area contributed by atoms with Crippen LogP contribution in [-0.4, -0.2) is 128 Å². The average Bonchev–Trinajstić information content (AvgIpc) is 3.12. The van der Waals surface area contributed by atoms with E-state index in [0.717, 1.165) is 0 Å². The number of rotatable bonds is 26. The standard InChI is InChI=1S/C35H50N2O12S/c1-6-47-32-16-12-30(13-17-32)35(40)49-22-8-20-45-25-26-50(41,42)36(3)28(2)27-46-24-19-37(18-23-43-4)33(38)9-7-21-48-34(39)29-10-14-31(44-5)15-11-29/h6,10-17,28H,1,7-9,18-27H2,2-5H3. The maximum absolute atomic E-state index is 12.8. The summed E-state index contributed by atoms with van der Waals surface area (Å²) in [7, 11) is 0.938. The molecule has 1 amide bonds. The molecule has 0 aliphatic rings. The molecule has 1 atom stereocenters. The van der Waals surface area contributed by atoms with Crippen molar-refractivity contribution < 1.29 is 56.0 Å². The van der Waals surface area contributed by atoms with Crippen LogP contribution < -0.4 is 9.47 Å². The molecule has 0 spiro atoms. The fourth-order valence-electron chi connectivity index (χ4n) is 4.31. The van der Waals surface area contributed by atoms with Crippen LogP contribution in [0.3, 0.4) is 0 Å². The molecule has 1 unspecified atom stereocenters. The van der Waals surface area contributed by atoms with Crippen molar-refractivity contribution in [3.8, 4) is 11.5 Å². The number of likely N-dealkylation sites (N-methyl/N-ethyl adjacent to an activating group) is 1. The van der Waals surface area contributed by atoms with Crippen LogP contribution in [0.1, 0.15) is 46.9 Å². The van der Waals surface area contributed by atoms with Gasteiger partial charge in [0.1, 0.15) is 11.5 Å². The molecule has 14 nitrogen and oxygen atoms in total. The van der Waals surface area contributed by atoms with Crippen LogP contribution in [-0.2, 0) is 38.5 Å². The molecule has 0 heterocycles. The Morgan fingerprint density at radius 3 is 1.94 bits per heavy atom. The molecule has 2 aromatic carbocycles. The molecule has 0 saturated heterocycles. The number of hydrogen-bond donors (Lipinski definition) is 0. The first-order valence-electron chi connectivity index (χ1n) is 16.3. The summed E-state index contributed by atoms with van der Waals surface area (Å²) in [6, 6.07) is 12.5. The SMILES string of the molecule is C=COc1ccc(C(=O)OCCCOCCS(=O)(=O)N(C)C(C)COCCN(CCOC)C(=O)CCCOC(=O)c2ccc(OC)cc2)cc1. The van der Waals surface area contributed by atoms with Gasteiger partial charge in [0.05, 0.1) is 69.9 Å². The van der Waals surface area contributed by atoms with Gasteiger partial charge in [-0.05, 0) is 61.9 Å². The predicted octanol–water partition coefficient (Wildman–Crippen LogP) is 3.56. The highest BCUT2D eigenvalue weighted by Gasteiger charge is 2.23. The zero-order chi connectivity index (χ0) is 36.8. The minimum Gasteiger partial charge on any atom is -0.497 e. The molecule has 0 fully saturated rings. The minimum atomic E-state index is -3.62. The number of benzene rings is 2. The Balaban J connectivity index is 1.63. The van der Waals surface area contributed by atoms with E-state index in [1.807, 2.05) is 0 Å². The van der Waals surface area contributed by atoms with Crippen LogP contribution in [0.15, 0.2) is 61.4 Å². The van der Waals surface area contributed by atoms with Gasteiger partial charge in [0, 0.05) is 52.7 Å². The summed E-state index contributed by atoms with van der Waals surface area (Å²) in [5.74, 6) is -0.132. The summed E-state index contributed by atoms with van der Waals surface area (Å²) >= 11 is 0. The minimum absolute atomic E-state index is 0.0176. The van der Waals surface area contributed by atoms with E-state index < -0.39 is 28.0 Å². The van der Waals surface area contributed by atoms with Crippen LogP contribution in [0.2, 0.25) is 0 Å². The Hall–Kier alpha value is -4.02. The van der Waals surface area contributed by atoms with Crippen molar-refractivity contribution in [2.75, 3.05) is 86.4 Å². The van der Waals surface area contributed by atoms with Gasteiger partial charge in [0.2, 0.25) is 15.9 Å². The van der Waals surface area contributed by atoms with E-state index in [2.05, 4.69) is 6.58 Å². The zero-order valence-corrected chi connectivity index (χ0v) is 30.2. The molecule has 0 bridgehead atoms. The Labute approximate surface area is 295 Å². The summed E-state index contributed by atoms with van der Waals surface area (Å²) < 4.78 is 63.9. The smallest absolute Gasteiger partial charge is 0.338 e. The van der Waals surface area contributed by atoms with Gasteiger partial charge in [-0.15, -0.1) is 0 Å². The van der Waals surface area contributed by atoms with E-state index in [1.54, 1.807) is 67.5 Å². The Kier molecular flexibility index (Phi) is 19.7. The van der Waals surface area contributed by atoms with Gasteiger partial charge < -0.3 is 38.1 Å². The normalized spacial score (nSPS) is 11.9. The molecule has 0 aliphatic carbocycles. The molecule has 2 rings (SSSR count). The Bertz CT molecular complexity index is 1420. The number of nitrogens with zero attached hydrogens (tertiary/aromatic N) is 2. The predicted molar refractivity (Wildman–Crippen MR) is 186 cm³/mol. The highest BCUT2D eigenvalue weighted by atomic mass is 32.2. The maximum Gasteiger partial charge on any atom is 0.338 e. The third kappa shape index (κ3) is 15.7. The topological polar surface area (TPSA) is 156 Å². The number of carbonyl (C=O) groups excluding carboxylic acids is 3. The fraction of sp³-hybridized carbons (Fsp3) is 0.514. The molecular weight excluding hydrogens is 672 g/mol. The largest absolute Gasteiger partial charge is 0.497 e. The number of sulfonamides is 1. The van der Waals surface area contributed by atoms with Crippen molar-refractivity contribution in [3.63, 3.8) is 0 Å². The molecule has 278 valence electrons. The van der Waals surface area contributed by atoms with E-state index in [4.69, 9.17) is 33.2 Å². The molecule has 0 N–H and O–H groups in total. The van der Waals surface area contributed by atoms with E-state index in [1.165, 1.54) is 24.7 Å². The molecule has 0 aromatic heterocycles. The lowest BCUT2D eigenvalue weighted by atomic mass is 10.2. The summed E-state index contributed by atoms with van der Waals surface area (Å²) in [6.45, 7) is 6.93. The van der Waals surface area contributed by atoms with Crippen LogP contribution in [0.5, 0.6) is 11.5 Å². The molecule has 50 heavy (non-hydrogen) atoms. The van der Waals surface area contributed by atoms with Crippen LogP contribution in [0.25, 0.3) is 0 Å². The quantitative estimate of drug-likeness (QED) is 0.0792. The Morgan fingerprint density at radius 2 is 1.36 bits per heavy atom. The van der Waals surface area contributed by atoms with Gasteiger partial charge in [-0.3, -0.25) is 4.79 Å². The lowest BCUT2D eigenvalue weighted by molar-refractivity contribution is -0.133. The van der Waals surface area contributed by atoms with E-state index in [-0.39, 0.29) is 64.3 Å². The van der Waals surface area contributed by atoms with Crippen LogP contribution in [0.4, 0.5) is 0 Å². The van der Waals surface area contributed by atoms with Gasteiger partial charge in [0.15, 0.2) is 0 Å². The molecule has 0 aliphatic heterocycles. The maximum atomic E-state index is 12.8. The van der Waals surface area contributed by atoms with Crippen LogP contribution in [0, 0.1) is 0 Å². The van der Waals surface area contributed by atoms with Gasteiger partial charge in [-0.1, -0.05) is 6.58 Å². The van der Waals surface area contributed by atoms with E-state index in [9.17, 15) is 22.8 Å². The van der Waals surface area contributed by atoms with Crippen LogP contribution >= 0.6 is 0 Å². The van der Waals surface area contributed by atoms with E-state index >= 15 is 0 Å². The van der Waals surface area contributed by atoms with Gasteiger partial charge >= 0.3 is 11.9 Å². The average molecular weight is 723 g/mol. The summed E-state index contributed by atoms with van der Waals surface area (Å²) in [4.78, 5) is 38.8. The lowest BCUT2D eigenvalue weighted by Gasteiger charge is -2.26. The summed E-state index contributed by atoms with van der Waals surface area (Å²) in [5, 5.41) is 0. The van der Waals surface area contributed by atoms with Crippen molar-refractivity contribution in [1.29, 1.82) is 0 Å². The summed E-state index contributed by atoms with van der Waals surface area (Å²) in [6.07, 6.45) is 2.22. The monoisotopic (exact) mass is 722 g/mol. The molecule has 0 saturated carbocycles. The van der Waals surface area contributed by atoms with Crippen molar-refractivity contribution in [2.24, 2.45) is 0 Å². The highest BCUT2D eigenvalue weighted by molar-refractivity contribution is 7.89. The second-order valence-corrected chi connectivity index (χ2v) is 13.2. The van der Waals surface area contributed by atoms with Gasteiger partial charge in [-0.25, -0.2) is 18.0 Å². The second-order valence-electron chi connectivity index (χ2n) is 11.0. The number of esters is 2. The third-order valence-electron chi connectivity index (χ3n) is 7.40. The Morgan fingerprint density at radius 1 is 0.780 bits per heavy atom. The number of carbonyl (C=O) groups is 3. The summed E-state index contributed by atoms with van der Waals surface area (Å²) in [5.41, 5.74) is 0.772. The number of amides is 1. The number of hydrogen-bond acceptors (Lipinski definition) is 12. The first kappa shape index (κ1) is 42.1. The van der Waals surface area contributed by atoms with Crippen molar-refractivity contribution in [1.82, 2.24) is 9.21 Å². The van der Waals surface area contributed by atoms with Crippen molar-refractivity contribution in [3.05, 3.63) is 72.5 Å². The van der Waals surface area contributed by atoms with Gasteiger partial charge in [0.25, 0.3) is 0 Å². The third-order valence-corrected chi connectivity index (χ3v) is 9.32. The van der Waals surface area contributed by atoms with Crippen molar-refractivity contribution in [2.45, 2.75) is 32.2 Å².